The largest absolute Gasteiger partial charge is 0.500 e. The number of carboxylic acids is 2. The van der Waals surface area contributed by atoms with E-state index in [1.165, 1.54) is 59.3 Å². The molecule has 119 heavy (non-hydrogen) atoms. The second-order valence-corrected chi connectivity index (χ2v) is 25.2. The molecular formula is C80H92Br4N6O29. The van der Waals surface area contributed by atoms with Gasteiger partial charge in [-0.3, -0.25) is 29.3 Å². The Hall–Kier alpha value is -12.3. The van der Waals surface area contributed by atoms with E-state index >= 15 is 0 Å². The highest BCUT2D eigenvalue weighted by molar-refractivity contribution is 9.11. The number of aromatic nitrogens is 3. The summed E-state index contributed by atoms with van der Waals surface area (Å²) in [5, 5.41) is 38.0. The van der Waals surface area contributed by atoms with Crippen molar-refractivity contribution in [1.29, 1.82) is 0 Å². The Balaban J connectivity index is 0.000000691. The quantitative estimate of drug-likeness (QED) is 0.00320. The summed E-state index contributed by atoms with van der Waals surface area (Å²) in [5.74, 6) is -3.23. The lowest BCUT2D eigenvalue weighted by Crippen LogP contribution is -2.19. The van der Waals surface area contributed by atoms with Crippen LogP contribution in [0.4, 0.5) is 17.1 Å². The number of carboxylic acid groups (broad SMARTS) is 2. The zero-order valence-electron chi connectivity index (χ0n) is 67.4. The van der Waals surface area contributed by atoms with Crippen molar-refractivity contribution >= 4 is 161 Å². The van der Waals surface area contributed by atoms with Crippen LogP contribution in [0.3, 0.4) is 0 Å². The number of halogens is 4. The number of carbonyl (C=O) groups excluding carboxylic acids is 6. The zero-order chi connectivity index (χ0) is 90.0. The van der Waals surface area contributed by atoms with Crippen LogP contribution in [0.2, 0.25) is 0 Å². The first-order valence-corrected chi connectivity index (χ1v) is 38.3. The van der Waals surface area contributed by atoms with Crippen molar-refractivity contribution in [2.75, 3.05) is 107 Å². The molecule has 0 radical (unpaired) electrons. The lowest BCUT2D eigenvalue weighted by Gasteiger charge is -2.09. The van der Waals surface area contributed by atoms with Crippen molar-refractivity contribution in [2.45, 2.75) is 62.3 Å². The van der Waals surface area contributed by atoms with Gasteiger partial charge in [0.25, 0.3) is 11.7 Å². The minimum atomic E-state index is -1.26. The number of pyridine rings is 3. The van der Waals surface area contributed by atoms with Crippen LogP contribution < -0.4 is 55.8 Å². The van der Waals surface area contributed by atoms with E-state index in [1.54, 1.807) is 155 Å². The third-order valence-electron chi connectivity index (χ3n) is 14.0. The van der Waals surface area contributed by atoms with Crippen molar-refractivity contribution < 1.29 is 120 Å². The average Bonchev–Trinajstić information content (AvgIpc) is 0.782. The number of nitro benzene ring substituents is 1. The molecule has 0 aliphatic heterocycles. The molecule has 9 rings (SSSR count). The number of anilines is 2. The maximum atomic E-state index is 12.4. The van der Waals surface area contributed by atoms with Crippen molar-refractivity contribution in [2.24, 2.45) is 0 Å². The predicted octanol–water partition coefficient (Wildman–Crippen LogP) is 13.8. The Kier molecular flexibility index (Phi) is 50.0. The van der Waals surface area contributed by atoms with Crippen LogP contribution in [0.1, 0.15) is 93.4 Å². The van der Waals surface area contributed by atoms with Gasteiger partial charge in [0.15, 0.2) is 11.1 Å². The first-order chi connectivity index (χ1) is 56.7. The van der Waals surface area contributed by atoms with Gasteiger partial charge in [0.05, 0.1) is 143 Å². The van der Waals surface area contributed by atoms with E-state index in [9.17, 15) is 58.1 Å². The normalized spacial score (nSPS) is 9.65. The molecule has 3 heterocycles. The molecule has 6 aromatic carbocycles. The molecule has 0 aliphatic rings. The molecule has 9 aromatic rings. The summed E-state index contributed by atoms with van der Waals surface area (Å²) in [6.07, 6.45) is 6.23. The molecule has 0 aliphatic carbocycles. The first-order valence-electron chi connectivity index (χ1n) is 35.2. The number of nitrogens with zero attached hydrogens (tertiary/aromatic N) is 1. The van der Waals surface area contributed by atoms with Gasteiger partial charge < -0.3 is 103 Å². The minimum absolute atomic E-state index is 0.00866. The number of H-pyrrole nitrogens is 3. The number of nitrogens with one attached hydrogen (secondary N) is 4. The number of carbonyl (C=O) groups is 8. The predicted molar refractivity (Wildman–Crippen MR) is 457 cm³/mol. The fourth-order valence-corrected chi connectivity index (χ4v) is 10.3. The summed E-state index contributed by atoms with van der Waals surface area (Å²) >= 11 is 13.1. The molecule has 39 heteroatoms. The van der Waals surface area contributed by atoms with E-state index in [0.29, 0.717) is 78.5 Å². The molecule has 0 amide bonds. The van der Waals surface area contributed by atoms with Gasteiger partial charge in [-0.15, -0.1) is 0 Å². The number of aliphatic hydroxyl groups excluding tert-OH is 1. The van der Waals surface area contributed by atoms with E-state index in [-0.39, 0.29) is 90.6 Å². The van der Waals surface area contributed by atoms with Gasteiger partial charge >= 0.3 is 41.8 Å². The molecule has 3 aromatic heterocycles. The SMILES string of the molecule is CC(=O)O.CCO.CCOC(=O)C(=CNc1cc(OC)ccc1Br)C(=O)OCC.CCOC(=O)c1c[nH]c2c(Br)ccc(OC)c2c1=O.CCOC(=O)c1c[nH]c2cccc(OC)c2c1=O.CCOC=C(C(=O)OCC)C(=O)OCC.COc1ccc(Br)c(N)c1.COc1ccc(Br)c([N+](=O)[O-])c1.COc1cccc2[nH]cc(C(=O)O)c(=O)c12. The van der Waals surface area contributed by atoms with E-state index < -0.39 is 63.5 Å². The van der Waals surface area contributed by atoms with Crippen LogP contribution in [0.25, 0.3) is 32.7 Å². The summed E-state index contributed by atoms with van der Waals surface area (Å²) in [6.45, 7) is 16.3. The van der Waals surface area contributed by atoms with Crippen molar-refractivity contribution in [3.8, 4) is 34.5 Å². The number of fused-ring (bicyclic) bond motifs is 3. The number of nitrogen functional groups attached to an aromatic ring is 1. The number of hydrogen-bond donors (Lipinski definition) is 8. The second kappa shape index (κ2) is 56.9. The zero-order valence-corrected chi connectivity index (χ0v) is 73.7. The number of benzene rings is 6. The number of hydrogen-bond acceptors (Lipinski definition) is 29. The number of esters is 6. The van der Waals surface area contributed by atoms with Gasteiger partial charge in [0.2, 0.25) is 16.3 Å². The summed E-state index contributed by atoms with van der Waals surface area (Å²) in [4.78, 5) is 144. The van der Waals surface area contributed by atoms with Gasteiger partial charge in [-0.2, -0.15) is 0 Å². The molecule has 644 valence electrons. The molecule has 0 spiro atoms. The molecular weight excluding hydrogens is 1830 g/mol. The van der Waals surface area contributed by atoms with E-state index in [2.05, 4.69) is 93.5 Å². The second-order valence-electron chi connectivity index (χ2n) is 21.8. The number of rotatable bonds is 24. The Bertz CT molecular complexity index is 5100. The van der Waals surface area contributed by atoms with Gasteiger partial charge in [0, 0.05) is 69.6 Å². The Morgan fingerprint density at radius 1 is 0.471 bits per heavy atom. The molecule has 0 bridgehead atoms. The van der Waals surface area contributed by atoms with E-state index in [4.69, 9.17) is 78.0 Å². The summed E-state index contributed by atoms with van der Waals surface area (Å²) in [6, 6.07) is 29.0. The van der Waals surface area contributed by atoms with Gasteiger partial charge in [-0.05, 0) is 192 Å². The topological polar surface area (TPSA) is 497 Å². The Morgan fingerprint density at radius 3 is 1.24 bits per heavy atom. The summed E-state index contributed by atoms with van der Waals surface area (Å²) in [5.41, 5.74) is 6.53. The van der Waals surface area contributed by atoms with Crippen molar-refractivity contribution in [3.63, 3.8) is 0 Å². The van der Waals surface area contributed by atoms with Gasteiger partial charge in [-0.25, -0.2) is 33.6 Å². The van der Waals surface area contributed by atoms with Gasteiger partial charge in [-0.1, -0.05) is 12.1 Å². The first kappa shape index (κ1) is 105. The Morgan fingerprint density at radius 2 is 0.840 bits per heavy atom. The molecule has 9 N–H and O–H groups in total. The highest BCUT2D eigenvalue weighted by atomic mass is 79.9. The third kappa shape index (κ3) is 34.4. The number of aliphatic carboxylic acids is 1. The van der Waals surface area contributed by atoms with Crippen LogP contribution >= 0.6 is 63.7 Å². The molecule has 0 saturated carbocycles. The highest BCUT2D eigenvalue weighted by Crippen LogP contribution is 2.32. The van der Waals surface area contributed by atoms with Crippen molar-refractivity contribution in [3.05, 3.63) is 221 Å². The fourth-order valence-electron chi connectivity index (χ4n) is 8.81. The monoisotopic (exact) mass is 1920 g/mol. The molecule has 0 fully saturated rings. The van der Waals surface area contributed by atoms with Crippen molar-refractivity contribution in [1.82, 2.24) is 15.0 Å². The number of ether oxygens (including phenoxy) is 13. The van der Waals surface area contributed by atoms with Crippen LogP contribution in [0.5, 0.6) is 34.5 Å². The maximum absolute atomic E-state index is 12.4. The number of aliphatic hydroxyl groups is 1. The van der Waals surface area contributed by atoms with Gasteiger partial charge in [0.1, 0.15) is 57.4 Å². The molecule has 0 unspecified atom stereocenters. The third-order valence-corrected chi connectivity index (χ3v) is 16.8. The Labute approximate surface area is 716 Å². The lowest BCUT2D eigenvalue weighted by atomic mass is 10.1. The lowest BCUT2D eigenvalue weighted by molar-refractivity contribution is -0.385. The van der Waals surface area contributed by atoms with E-state index in [1.807, 2.05) is 12.1 Å². The van der Waals surface area contributed by atoms with Crippen LogP contribution in [0, 0.1) is 10.1 Å². The van der Waals surface area contributed by atoms with Crippen LogP contribution in [0.15, 0.2) is 178 Å². The number of aromatic amines is 3. The fraction of sp³-hybridized carbons (Fsp3) is 0.287. The summed E-state index contributed by atoms with van der Waals surface area (Å²) < 4.78 is 66.7. The van der Waals surface area contributed by atoms with Crippen LogP contribution in [-0.2, 0) is 57.1 Å². The smallest absolute Gasteiger partial charge is 0.348 e. The molecule has 0 atom stereocenters. The number of aromatic carboxylic acids is 1. The molecule has 0 saturated heterocycles. The standard InChI is InChI=1S/C15H18BrNO5.C13H12BrNO4.C13H13NO4.C11H9NO4.C10H16O5.C7H6BrNO3.C7H8BrNO.C2H4O2.C2H6O/c1-4-21-14(18)11(15(19)22-5-2)9-17-13-8-10(20-3)6-7-12(13)16;1-3-19-13(17)7-6-15-11-8(14)4-5-9(18-2)10(11)12(7)16;1-3-18-13(16)8-7-14-9-5-4-6-10(17-2)11(9)12(8)15;1-16-8-4-2-3-7-9(8)10(13)6(5-12-7)11(14)15;1-4-13-7-8(9(11)14-5-2)10(12)15-6-3;1-12-5-2-3-6(8)7(4-5)9(10)11;1-10-5-2-3-6(8)7(9)4-5;1-2(3)4;1-2-3/h6-9,17H,4-5H2,1-3H3;4-6H,3H2,1-2H3,(H,15,16);4-7H,3H2,1-2H3,(H,14,15);2-5H,1H3,(H,12,13)(H,14,15);7H,4-6H2,1-3H3;2-4H,1H3;2-4H,9H2,1H3;1H3,(H,3,4);3H,2H2,1H3. The number of methoxy groups -OCH3 is 6. The number of nitrogens with two attached hydrogens (primary N) is 1. The van der Waals surface area contributed by atoms with Crippen LogP contribution in [-0.4, -0.2) is 178 Å². The molecule has 35 nitrogen and oxygen atoms in total. The number of nitro groups is 1. The summed E-state index contributed by atoms with van der Waals surface area (Å²) in [7, 11) is 9.01. The van der Waals surface area contributed by atoms with E-state index in [0.717, 1.165) is 32.4 Å². The maximum Gasteiger partial charge on any atom is 0.348 e. The minimum Gasteiger partial charge on any atom is -0.500 e. The average molecular weight is 1920 g/mol. The highest BCUT2D eigenvalue weighted by Gasteiger charge is 2.24.